The van der Waals surface area contributed by atoms with Crippen molar-refractivity contribution in [1.82, 2.24) is 14.7 Å². The van der Waals surface area contributed by atoms with E-state index >= 15 is 0 Å². The number of likely N-dealkylation sites (tertiary alicyclic amines) is 1. The molecule has 26 heavy (non-hydrogen) atoms. The van der Waals surface area contributed by atoms with Crippen molar-refractivity contribution in [2.24, 2.45) is 11.7 Å². The highest BCUT2D eigenvalue weighted by atomic mass is 16.2. The van der Waals surface area contributed by atoms with Crippen LogP contribution in [0.4, 0.5) is 0 Å². The van der Waals surface area contributed by atoms with Crippen LogP contribution in [0.5, 0.6) is 0 Å². The van der Waals surface area contributed by atoms with E-state index < -0.39 is 0 Å². The van der Waals surface area contributed by atoms with E-state index in [2.05, 4.69) is 38.1 Å². The molecule has 1 aromatic heterocycles. The molecule has 1 amide bonds. The van der Waals surface area contributed by atoms with Crippen molar-refractivity contribution < 1.29 is 4.79 Å². The first kappa shape index (κ1) is 17.3. The Labute approximate surface area is 155 Å². The molecule has 2 unspecified atom stereocenters. The number of amides is 1. The van der Waals surface area contributed by atoms with Crippen molar-refractivity contribution in [1.29, 1.82) is 0 Å². The number of benzene rings is 1. The number of piperidine rings is 1. The molecule has 2 N–H and O–H groups in total. The van der Waals surface area contributed by atoms with Crippen molar-refractivity contribution in [3.8, 4) is 5.69 Å². The molecule has 0 bridgehead atoms. The number of carbonyl (C=O) groups is 1. The average molecular weight is 352 g/mol. The molecule has 1 aliphatic carbocycles. The minimum atomic E-state index is 0.0661. The number of fused-ring (bicyclic) bond motifs is 1. The number of aromatic nitrogens is 2. The Balaban J connectivity index is 1.70. The fraction of sp³-hybridized carbons (Fsp3) is 0.524. The van der Waals surface area contributed by atoms with Crippen LogP contribution in [0.1, 0.15) is 53.5 Å². The van der Waals surface area contributed by atoms with Gasteiger partial charge in [-0.1, -0.05) is 24.6 Å². The molecule has 138 valence electrons. The summed E-state index contributed by atoms with van der Waals surface area (Å²) >= 11 is 0. The molecule has 2 heterocycles. The Morgan fingerprint density at radius 1 is 1.27 bits per heavy atom. The van der Waals surface area contributed by atoms with Crippen LogP contribution < -0.4 is 5.73 Å². The van der Waals surface area contributed by atoms with E-state index in [1.165, 1.54) is 11.3 Å². The summed E-state index contributed by atoms with van der Waals surface area (Å²) in [6.45, 7) is 5.63. The fourth-order valence-corrected chi connectivity index (χ4v) is 4.39. The molecule has 1 saturated heterocycles. The van der Waals surface area contributed by atoms with Crippen LogP contribution in [0.25, 0.3) is 5.69 Å². The first-order valence-electron chi connectivity index (χ1n) is 9.77. The van der Waals surface area contributed by atoms with Crippen molar-refractivity contribution in [3.63, 3.8) is 0 Å². The Bertz CT molecular complexity index is 808. The second-order valence-corrected chi connectivity index (χ2v) is 7.89. The monoisotopic (exact) mass is 352 g/mol. The molecule has 4 rings (SSSR count). The third kappa shape index (κ3) is 2.94. The summed E-state index contributed by atoms with van der Waals surface area (Å²) < 4.78 is 1.99. The van der Waals surface area contributed by atoms with Gasteiger partial charge in [0.2, 0.25) is 0 Å². The van der Waals surface area contributed by atoms with Crippen LogP contribution in [-0.2, 0) is 12.8 Å². The van der Waals surface area contributed by atoms with Crippen LogP contribution in [0, 0.1) is 12.8 Å². The van der Waals surface area contributed by atoms with Crippen molar-refractivity contribution in [2.75, 3.05) is 13.1 Å². The Kier molecular flexibility index (Phi) is 4.57. The SMILES string of the molecule is Cc1ccc(-n2nc(C(=O)N3CCC(C)CC3CN)c3c2CCC3)cc1. The molecular formula is C21H28N4O. The van der Waals surface area contributed by atoms with E-state index in [9.17, 15) is 4.79 Å². The summed E-state index contributed by atoms with van der Waals surface area (Å²) in [6, 6.07) is 8.49. The summed E-state index contributed by atoms with van der Waals surface area (Å²) in [5.41, 5.74) is 11.2. The zero-order valence-electron chi connectivity index (χ0n) is 15.7. The van der Waals surface area contributed by atoms with E-state index in [4.69, 9.17) is 10.8 Å². The van der Waals surface area contributed by atoms with Crippen LogP contribution in [-0.4, -0.2) is 39.7 Å². The molecule has 0 saturated carbocycles. The molecular weight excluding hydrogens is 324 g/mol. The predicted molar refractivity (Wildman–Crippen MR) is 103 cm³/mol. The second kappa shape index (κ2) is 6.88. The van der Waals surface area contributed by atoms with Crippen LogP contribution in [0.3, 0.4) is 0 Å². The third-order valence-corrected chi connectivity index (χ3v) is 5.92. The summed E-state index contributed by atoms with van der Waals surface area (Å²) in [5.74, 6) is 0.694. The molecule has 2 aliphatic rings. The first-order chi connectivity index (χ1) is 12.6. The zero-order valence-corrected chi connectivity index (χ0v) is 15.7. The summed E-state index contributed by atoms with van der Waals surface area (Å²) in [5, 5.41) is 4.78. The van der Waals surface area contributed by atoms with Crippen LogP contribution >= 0.6 is 0 Å². The molecule has 1 fully saturated rings. The van der Waals surface area contributed by atoms with E-state index in [-0.39, 0.29) is 11.9 Å². The van der Waals surface area contributed by atoms with Gasteiger partial charge in [-0.2, -0.15) is 5.10 Å². The fourth-order valence-electron chi connectivity index (χ4n) is 4.39. The highest BCUT2D eigenvalue weighted by Gasteiger charge is 2.34. The van der Waals surface area contributed by atoms with Crippen LogP contribution in [0.2, 0.25) is 0 Å². The zero-order chi connectivity index (χ0) is 18.3. The molecule has 2 atom stereocenters. The molecule has 0 radical (unpaired) electrons. The van der Waals surface area contributed by atoms with E-state index in [1.807, 2.05) is 9.58 Å². The lowest BCUT2D eigenvalue weighted by Crippen LogP contribution is -2.49. The lowest BCUT2D eigenvalue weighted by atomic mass is 9.92. The van der Waals surface area contributed by atoms with Gasteiger partial charge in [-0.3, -0.25) is 4.79 Å². The van der Waals surface area contributed by atoms with Gasteiger partial charge in [0.15, 0.2) is 5.69 Å². The highest BCUT2D eigenvalue weighted by molar-refractivity contribution is 5.94. The second-order valence-electron chi connectivity index (χ2n) is 7.89. The van der Waals surface area contributed by atoms with Gasteiger partial charge in [-0.15, -0.1) is 0 Å². The standard InChI is InChI=1S/C21H28N4O/c1-14-6-8-16(9-7-14)25-19-5-3-4-18(19)20(23-25)21(26)24-11-10-15(2)12-17(24)13-22/h6-9,15,17H,3-5,10-13,22H2,1-2H3. The number of nitrogens with two attached hydrogens (primary N) is 1. The Morgan fingerprint density at radius 2 is 2.04 bits per heavy atom. The quantitative estimate of drug-likeness (QED) is 0.924. The van der Waals surface area contributed by atoms with Gasteiger partial charge in [-0.25, -0.2) is 4.68 Å². The van der Waals surface area contributed by atoms with Crippen molar-refractivity contribution in [3.05, 3.63) is 46.8 Å². The Morgan fingerprint density at radius 3 is 2.77 bits per heavy atom. The maximum Gasteiger partial charge on any atom is 0.274 e. The minimum absolute atomic E-state index is 0.0661. The van der Waals surface area contributed by atoms with Gasteiger partial charge in [0.25, 0.3) is 5.91 Å². The highest BCUT2D eigenvalue weighted by Crippen LogP contribution is 2.30. The largest absolute Gasteiger partial charge is 0.333 e. The van der Waals surface area contributed by atoms with Crippen molar-refractivity contribution in [2.45, 2.75) is 52.0 Å². The number of rotatable bonds is 3. The molecule has 5 nitrogen and oxygen atoms in total. The van der Waals surface area contributed by atoms with Gasteiger partial charge in [-0.05, 0) is 57.1 Å². The number of hydrogen-bond acceptors (Lipinski definition) is 3. The van der Waals surface area contributed by atoms with Gasteiger partial charge >= 0.3 is 0 Å². The minimum Gasteiger partial charge on any atom is -0.333 e. The Hall–Kier alpha value is -2.14. The van der Waals surface area contributed by atoms with Gasteiger partial charge in [0.1, 0.15) is 0 Å². The molecule has 1 aliphatic heterocycles. The molecule has 2 aromatic rings. The van der Waals surface area contributed by atoms with E-state index in [1.54, 1.807) is 0 Å². The van der Waals surface area contributed by atoms with Gasteiger partial charge in [0.05, 0.1) is 5.69 Å². The van der Waals surface area contributed by atoms with Crippen molar-refractivity contribution >= 4 is 5.91 Å². The number of aryl methyl sites for hydroxylation is 1. The summed E-state index contributed by atoms with van der Waals surface area (Å²) in [7, 11) is 0. The van der Waals surface area contributed by atoms with E-state index in [0.29, 0.717) is 18.2 Å². The lowest BCUT2D eigenvalue weighted by molar-refractivity contribution is 0.0566. The number of carbonyl (C=O) groups excluding carboxylic acids is 1. The molecule has 0 spiro atoms. The van der Waals surface area contributed by atoms with Crippen LogP contribution in [0.15, 0.2) is 24.3 Å². The van der Waals surface area contributed by atoms with Gasteiger partial charge < -0.3 is 10.6 Å². The molecule has 5 heteroatoms. The number of hydrogen-bond donors (Lipinski definition) is 1. The maximum absolute atomic E-state index is 13.3. The molecule has 1 aromatic carbocycles. The van der Waals surface area contributed by atoms with Gasteiger partial charge in [0, 0.05) is 30.4 Å². The third-order valence-electron chi connectivity index (χ3n) is 5.92. The first-order valence-corrected chi connectivity index (χ1v) is 9.77. The average Bonchev–Trinajstić information content (AvgIpc) is 3.24. The normalized spacial score (nSPS) is 22.5. The summed E-state index contributed by atoms with van der Waals surface area (Å²) in [4.78, 5) is 15.3. The lowest BCUT2D eigenvalue weighted by Gasteiger charge is -2.37. The topological polar surface area (TPSA) is 64.2 Å². The summed E-state index contributed by atoms with van der Waals surface area (Å²) in [6.07, 6.45) is 5.06. The number of nitrogens with zero attached hydrogens (tertiary/aromatic N) is 3. The maximum atomic E-state index is 13.3. The predicted octanol–water partition coefficient (Wildman–Crippen LogP) is 2.87. The van der Waals surface area contributed by atoms with E-state index in [0.717, 1.165) is 49.9 Å². The smallest absolute Gasteiger partial charge is 0.274 e.